The van der Waals surface area contributed by atoms with Crippen molar-refractivity contribution in [2.24, 2.45) is 5.41 Å². The van der Waals surface area contributed by atoms with Crippen LogP contribution in [0, 0.1) is 5.41 Å². The fourth-order valence-corrected chi connectivity index (χ4v) is 1.83. The second-order valence-electron chi connectivity index (χ2n) is 6.25. The summed E-state index contributed by atoms with van der Waals surface area (Å²) in [6.07, 6.45) is 1.60. The zero-order valence-corrected chi connectivity index (χ0v) is 13.6. The summed E-state index contributed by atoms with van der Waals surface area (Å²) < 4.78 is 5.41. The monoisotopic (exact) mass is 308 g/mol. The van der Waals surface area contributed by atoms with Crippen molar-refractivity contribution in [3.8, 4) is 0 Å². The van der Waals surface area contributed by atoms with Gasteiger partial charge in [0, 0.05) is 5.56 Å². The molecule has 0 spiro atoms. The summed E-state index contributed by atoms with van der Waals surface area (Å²) in [5.41, 5.74) is 0.595. The van der Waals surface area contributed by atoms with Crippen LogP contribution < -0.4 is 0 Å². The third-order valence-electron chi connectivity index (χ3n) is 3.17. The summed E-state index contributed by atoms with van der Waals surface area (Å²) in [6.45, 7) is 5.26. The molecule has 0 atom stereocenters. The zero-order valence-electron chi connectivity index (χ0n) is 13.6. The molecule has 0 heterocycles. The van der Waals surface area contributed by atoms with Crippen LogP contribution in [0.2, 0.25) is 0 Å². The Morgan fingerprint density at radius 2 is 1.39 bits per heavy atom. The van der Waals surface area contributed by atoms with Gasteiger partial charge in [0.25, 0.3) is 0 Å². The van der Waals surface area contributed by atoms with E-state index in [4.69, 9.17) is 4.74 Å². The highest BCUT2D eigenvalue weighted by molar-refractivity contribution is 6.11. The number of rotatable bonds is 4. The van der Waals surface area contributed by atoms with E-state index in [1.54, 1.807) is 51.1 Å². The Labute approximate surface area is 136 Å². The number of esters is 1. The van der Waals surface area contributed by atoms with Crippen LogP contribution in [0.15, 0.2) is 66.4 Å². The molecule has 0 amide bonds. The summed E-state index contributed by atoms with van der Waals surface area (Å²) >= 11 is 0. The molecule has 0 aliphatic rings. The van der Waals surface area contributed by atoms with Gasteiger partial charge in [0.1, 0.15) is 0 Å². The number of carbonyl (C=O) groups is 2. The topological polar surface area (TPSA) is 43.4 Å². The Morgan fingerprint density at radius 1 is 0.870 bits per heavy atom. The number of hydrogen-bond acceptors (Lipinski definition) is 3. The van der Waals surface area contributed by atoms with Crippen LogP contribution in [0.1, 0.15) is 36.7 Å². The van der Waals surface area contributed by atoms with Crippen LogP contribution in [0.25, 0.3) is 6.08 Å². The molecule has 3 heteroatoms. The quantitative estimate of drug-likeness (QED) is 0.361. The average Bonchev–Trinajstić information content (AvgIpc) is 2.54. The van der Waals surface area contributed by atoms with Crippen LogP contribution in [0.5, 0.6) is 0 Å². The highest BCUT2D eigenvalue weighted by Crippen LogP contribution is 2.21. The molecule has 2 aromatic rings. The minimum absolute atomic E-state index is 0.0299. The molecular formula is C20H20O3. The van der Waals surface area contributed by atoms with Crippen molar-refractivity contribution in [3.63, 3.8) is 0 Å². The van der Waals surface area contributed by atoms with Gasteiger partial charge in [-0.15, -0.1) is 0 Å². The summed E-state index contributed by atoms with van der Waals surface area (Å²) in [5.74, 6) is -0.724. The molecule has 0 aliphatic carbocycles. The molecule has 23 heavy (non-hydrogen) atoms. The molecule has 0 bridgehead atoms. The number of ketones is 1. The number of benzene rings is 2. The van der Waals surface area contributed by atoms with E-state index < -0.39 is 11.4 Å². The fraction of sp³-hybridized carbons (Fsp3) is 0.200. The minimum atomic E-state index is -0.688. The Morgan fingerprint density at radius 3 is 1.91 bits per heavy atom. The third-order valence-corrected chi connectivity index (χ3v) is 3.17. The smallest absolute Gasteiger partial charge is 0.316 e. The van der Waals surface area contributed by atoms with Gasteiger partial charge in [0.15, 0.2) is 5.76 Å². The lowest BCUT2D eigenvalue weighted by Gasteiger charge is -2.17. The van der Waals surface area contributed by atoms with Crippen molar-refractivity contribution in [1.82, 2.24) is 0 Å². The van der Waals surface area contributed by atoms with E-state index in [2.05, 4.69) is 0 Å². The van der Waals surface area contributed by atoms with Crippen LogP contribution in [0.3, 0.4) is 0 Å². The van der Waals surface area contributed by atoms with Crippen molar-refractivity contribution in [2.75, 3.05) is 0 Å². The Balaban J connectivity index is 2.38. The first-order valence-electron chi connectivity index (χ1n) is 7.47. The lowest BCUT2D eigenvalue weighted by atomic mass is 9.97. The number of ether oxygens (including phenoxy) is 1. The summed E-state index contributed by atoms with van der Waals surface area (Å²) in [5, 5.41) is 0. The molecule has 0 N–H and O–H groups in total. The number of allylic oxidation sites excluding steroid dienone is 1. The highest BCUT2D eigenvalue weighted by Gasteiger charge is 2.27. The Kier molecular flexibility index (Phi) is 5.12. The van der Waals surface area contributed by atoms with Crippen LogP contribution >= 0.6 is 0 Å². The summed E-state index contributed by atoms with van der Waals surface area (Å²) in [4.78, 5) is 24.9. The minimum Gasteiger partial charge on any atom is -0.422 e. The normalized spacial score (nSPS) is 11.9. The molecule has 118 valence electrons. The number of carbonyl (C=O) groups excluding carboxylic acids is 2. The molecule has 0 unspecified atom stereocenters. The maximum absolute atomic E-state index is 12.7. The first kappa shape index (κ1) is 16.7. The fourth-order valence-electron chi connectivity index (χ4n) is 1.83. The van der Waals surface area contributed by atoms with Gasteiger partial charge in [0.2, 0.25) is 5.78 Å². The lowest BCUT2D eigenvalue weighted by molar-refractivity contribution is -0.147. The van der Waals surface area contributed by atoms with E-state index in [1.165, 1.54) is 0 Å². The second kappa shape index (κ2) is 7.05. The van der Waals surface area contributed by atoms with E-state index in [-0.39, 0.29) is 11.5 Å². The number of hydrogen-bond donors (Lipinski definition) is 0. The van der Waals surface area contributed by atoms with Crippen LogP contribution in [-0.4, -0.2) is 11.8 Å². The van der Waals surface area contributed by atoms with E-state index in [1.807, 2.05) is 36.4 Å². The molecule has 0 saturated heterocycles. The van der Waals surface area contributed by atoms with E-state index in [0.717, 1.165) is 5.56 Å². The van der Waals surface area contributed by atoms with Gasteiger partial charge in [-0.25, -0.2) is 0 Å². The van der Waals surface area contributed by atoms with Crippen molar-refractivity contribution in [1.29, 1.82) is 0 Å². The van der Waals surface area contributed by atoms with Gasteiger partial charge in [-0.2, -0.15) is 0 Å². The van der Waals surface area contributed by atoms with Crippen molar-refractivity contribution >= 4 is 17.8 Å². The van der Waals surface area contributed by atoms with Gasteiger partial charge >= 0.3 is 5.97 Å². The SMILES string of the molecule is CC(C)(C)C(=O)OC(=Cc1ccccc1)C(=O)c1ccccc1. The van der Waals surface area contributed by atoms with Crippen LogP contribution in [0.4, 0.5) is 0 Å². The highest BCUT2D eigenvalue weighted by atomic mass is 16.5. The maximum atomic E-state index is 12.7. The first-order valence-corrected chi connectivity index (χ1v) is 7.47. The predicted octanol–water partition coefficient (Wildman–Crippen LogP) is 4.50. The molecule has 0 saturated carbocycles. The van der Waals surface area contributed by atoms with Gasteiger partial charge in [0.05, 0.1) is 5.41 Å². The molecule has 0 aromatic heterocycles. The molecule has 2 aromatic carbocycles. The Bertz CT molecular complexity index is 708. The van der Waals surface area contributed by atoms with Gasteiger partial charge < -0.3 is 4.74 Å². The standard InChI is InChI=1S/C20H20O3/c1-20(2,3)19(22)23-17(14-15-10-6-4-7-11-15)18(21)16-12-8-5-9-13-16/h4-14H,1-3H3. The molecule has 3 nitrogen and oxygen atoms in total. The first-order chi connectivity index (χ1) is 10.9. The average molecular weight is 308 g/mol. The largest absolute Gasteiger partial charge is 0.422 e. The second-order valence-corrected chi connectivity index (χ2v) is 6.25. The number of Topliss-reactive ketones (excluding diaryl/α,β-unsaturated/α-hetero) is 1. The summed E-state index contributed by atoms with van der Waals surface area (Å²) in [6, 6.07) is 18.1. The zero-order chi connectivity index (χ0) is 16.9. The van der Waals surface area contributed by atoms with Crippen molar-refractivity contribution < 1.29 is 14.3 Å². The van der Waals surface area contributed by atoms with E-state index >= 15 is 0 Å². The van der Waals surface area contributed by atoms with Gasteiger partial charge in [-0.1, -0.05) is 60.7 Å². The van der Waals surface area contributed by atoms with Crippen molar-refractivity contribution in [3.05, 3.63) is 77.5 Å². The van der Waals surface area contributed by atoms with Crippen LogP contribution in [-0.2, 0) is 9.53 Å². The molecule has 0 radical (unpaired) electrons. The maximum Gasteiger partial charge on any atom is 0.316 e. The summed E-state index contributed by atoms with van der Waals surface area (Å²) in [7, 11) is 0. The molecular weight excluding hydrogens is 288 g/mol. The van der Waals surface area contributed by atoms with Crippen molar-refractivity contribution in [2.45, 2.75) is 20.8 Å². The Hall–Kier alpha value is -2.68. The van der Waals surface area contributed by atoms with Gasteiger partial charge in [-0.3, -0.25) is 9.59 Å². The molecule has 0 fully saturated rings. The molecule has 0 aliphatic heterocycles. The lowest BCUT2D eigenvalue weighted by Crippen LogP contribution is -2.24. The van der Waals surface area contributed by atoms with E-state index in [0.29, 0.717) is 5.56 Å². The molecule has 2 rings (SSSR count). The third kappa shape index (κ3) is 4.65. The predicted molar refractivity (Wildman–Crippen MR) is 90.7 cm³/mol. The van der Waals surface area contributed by atoms with Gasteiger partial charge in [-0.05, 0) is 32.4 Å². The van der Waals surface area contributed by atoms with E-state index in [9.17, 15) is 9.59 Å².